The van der Waals surface area contributed by atoms with Gasteiger partial charge in [-0.3, -0.25) is 0 Å². The lowest BCUT2D eigenvalue weighted by atomic mass is 9.88. The van der Waals surface area contributed by atoms with Gasteiger partial charge in [-0.1, -0.05) is 47.5 Å². The van der Waals surface area contributed by atoms with Crippen molar-refractivity contribution >= 4 is 16.7 Å². The van der Waals surface area contributed by atoms with Crippen molar-refractivity contribution in [2.75, 3.05) is 312 Å². The lowest BCUT2D eigenvalue weighted by Crippen LogP contribution is -2.41. The van der Waals surface area contributed by atoms with Gasteiger partial charge in [0.15, 0.2) is 0 Å². The quantitative estimate of drug-likeness (QED) is 0.0199. The minimum atomic E-state index is -1.35. The van der Waals surface area contributed by atoms with E-state index in [0.717, 1.165) is 25.0 Å². The van der Waals surface area contributed by atoms with E-state index in [4.69, 9.17) is 120 Å². The molecule has 0 aromatic carbocycles. The molecule has 24 atom stereocenters. The van der Waals surface area contributed by atoms with E-state index in [1.807, 2.05) is 9.12 Å². The zero-order chi connectivity index (χ0) is 94.7. The summed E-state index contributed by atoms with van der Waals surface area (Å²) in [6.07, 6.45) is -20.6. The van der Waals surface area contributed by atoms with E-state index in [1.165, 1.54) is 12.8 Å². The van der Waals surface area contributed by atoms with Gasteiger partial charge < -0.3 is 222 Å². The van der Waals surface area contributed by atoms with Gasteiger partial charge in [-0.25, -0.2) is 0 Å². The van der Waals surface area contributed by atoms with E-state index in [2.05, 4.69) is 35.3 Å². The number of hydrogen-bond donors (Lipinski definition) is 23. The second kappa shape index (κ2) is 91.8. The molecule has 0 bridgehead atoms. The fourth-order valence-electron chi connectivity index (χ4n) is 9.23. The molecule has 0 heterocycles. The standard InChI is InChI=1S/C66H134O43.2C6H14O.BH2P.2H2/c1-2-66(43-101-40-63(108-30-58(88)24-94-16-50(80)7-71)35-98-21-55(85)19-91-13-47(77)4-68,44-102-41-64(105-27-53(83)10-74)38-99-36-61(33-95-17-51(81)8-72)106-28-56(86)22-92-14-48(78)5-69)45-103-42-65(109-31-59(89)25-96-32-60(11-75)104-26-52(82)9-73)39-100-37-62(107-29-57(87)23-93-15-49(79)6-70)34-97-20-54(84)18-90-12-46(76)3-67;2*1-4-6(2)5-7-3;1-2;;/h46-65,67-89H,2-45H2,1H3;2*6H,4-5H2,1-3H3;2H2;2*1H/i;;;;1+2;1+1. The maximum absolute atomic E-state index is 11.1. The Morgan fingerprint density at radius 1 is 0.224 bits per heavy atom. The van der Waals surface area contributed by atoms with Gasteiger partial charge in [0, 0.05) is 35.7 Å². The van der Waals surface area contributed by atoms with Crippen LogP contribution in [0.1, 0.15) is 56.7 Å². The number of aliphatic hydroxyl groups is 23. The molecule has 0 aliphatic rings. The molecule has 0 amide bonds. The van der Waals surface area contributed by atoms with Crippen LogP contribution in [-0.2, 0) is 104 Å². The Balaban J connectivity index is -0.00000185. The van der Waals surface area contributed by atoms with Gasteiger partial charge in [-0.15, -0.1) is 0 Å². The first-order chi connectivity index (χ1) is 60.0. The van der Waals surface area contributed by atoms with E-state index < -0.39 is 200 Å². The molecule has 2 radical (unpaired) electrons. The summed E-state index contributed by atoms with van der Waals surface area (Å²) in [4.78, 5) is 0. The predicted octanol–water partition coefficient (Wildman–Crippen LogP) is -9.30. The van der Waals surface area contributed by atoms with Crippen LogP contribution in [0, 0.1) is 17.3 Å². The summed E-state index contributed by atoms with van der Waals surface area (Å²) in [7, 11) is 9.82. The van der Waals surface area contributed by atoms with Crippen molar-refractivity contribution in [3.8, 4) is 0 Å². The van der Waals surface area contributed by atoms with Crippen LogP contribution in [0.25, 0.3) is 0 Å². The molecule has 0 aliphatic carbocycles. The topological polar surface area (TPSA) is 668 Å². The summed E-state index contributed by atoms with van der Waals surface area (Å²) in [5.41, 5.74) is -1.16. The molecular weight excluding hydrogens is 1700 g/mol. The van der Waals surface area contributed by atoms with Gasteiger partial charge in [0.25, 0.3) is 0 Å². The normalized spacial score (nSPS) is 17.8. The van der Waals surface area contributed by atoms with Crippen LogP contribution in [0.15, 0.2) is 0 Å². The van der Waals surface area contributed by atoms with Gasteiger partial charge in [-0.05, 0) is 18.3 Å². The Morgan fingerprint density at radius 3 is 0.552 bits per heavy atom. The van der Waals surface area contributed by atoms with E-state index >= 15 is 0 Å². The number of ether oxygens (including phenoxy) is 22. The van der Waals surface area contributed by atoms with Crippen molar-refractivity contribution < 1.29 is 225 Å². The minimum absolute atomic E-state index is 0. The smallest absolute Gasteiger partial charge is 0.104 e. The largest absolute Gasteiger partial charge is 0.394 e. The van der Waals surface area contributed by atoms with Crippen LogP contribution in [0.5, 0.6) is 0 Å². The van der Waals surface area contributed by atoms with Crippen LogP contribution in [0.3, 0.4) is 0 Å². The summed E-state index contributed by atoms with van der Waals surface area (Å²) in [5.74, 6) is 1.45. The van der Waals surface area contributed by atoms with Gasteiger partial charge in [0.05, 0.1) is 292 Å². The highest BCUT2D eigenvalue weighted by Crippen LogP contribution is 2.26. The van der Waals surface area contributed by atoms with Crippen LogP contribution in [0.4, 0.5) is 0 Å². The van der Waals surface area contributed by atoms with Gasteiger partial charge in [0.2, 0.25) is 0 Å². The maximum Gasteiger partial charge on any atom is 0.104 e. The Bertz CT molecular complexity index is 2170. The Morgan fingerprint density at radius 2 is 0.376 bits per heavy atom. The van der Waals surface area contributed by atoms with E-state index in [1.54, 1.807) is 21.1 Å². The Labute approximate surface area is 743 Å². The van der Waals surface area contributed by atoms with Crippen LogP contribution in [-0.4, -0.2) is 559 Å². The van der Waals surface area contributed by atoms with E-state index in [9.17, 15) is 102 Å². The third-order valence-corrected chi connectivity index (χ3v) is 17.0. The zero-order valence-corrected chi connectivity index (χ0v) is 75.7. The van der Waals surface area contributed by atoms with Crippen molar-refractivity contribution in [1.29, 1.82) is 0 Å². The van der Waals surface area contributed by atoms with E-state index in [0.29, 0.717) is 0 Å². The second-order valence-corrected chi connectivity index (χ2v) is 29.8. The summed E-state index contributed by atoms with van der Waals surface area (Å²) in [6.45, 7) is -3.07. The molecule has 24 unspecified atom stereocenters. The van der Waals surface area contributed by atoms with Crippen molar-refractivity contribution in [3.05, 3.63) is 0 Å². The summed E-state index contributed by atoms with van der Waals surface area (Å²) < 4.78 is 125. The van der Waals surface area contributed by atoms with Crippen molar-refractivity contribution in [3.63, 3.8) is 0 Å². The molecule has 0 aromatic heterocycles. The first-order valence-corrected chi connectivity index (χ1v) is 42.7. The average Bonchev–Trinajstić information content (AvgIpc) is 0.901. The third-order valence-electron chi connectivity index (χ3n) is 17.0. The maximum atomic E-state index is 11.1. The predicted molar refractivity (Wildman–Crippen MR) is 453 cm³/mol. The number of methoxy groups -OCH3 is 2. The van der Waals surface area contributed by atoms with Crippen LogP contribution < -0.4 is 0 Å². The number of hydrogen-bond acceptors (Lipinski definition) is 45. The Hall–Kier alpha value is -1.31. The molecule has 0 aromatic rings. The van der Waals surface area contributed by atoms with Gasteiger partial charge in [-0.2, -0.15) is 9.12 Å². The second-order valence-electron chi connectivity index (χ2n) is 29.8. The fourth-order valence-corrected chi connectivity index (χ4v) is 9.23. The highest BCUT2D eigenvalue weighted by atomic mass is 31.0. The Kier molecular flexibility index (Phi) is 95.4. The molecule has 0 rings (SSSR count). The van der Waals surface area contributed by atoms with Crippen molar-refractivity contribution in [2.24, 2.45) is 17.3 Å². The first kappa shape index (κ1) is 130. The molecule has 45 nitrogen and oxygen atoms in total. The average molecular weight is 1870 g/mol. The molecule has 0 fully saturated rings. The molecule has 0 saturated heterocycles. The summed E-state index contributed by atoms with van der Waals surface area (Å²) >= 11 is 0. The van der Waals surface area contributed by atoms with Gasteiger partial charge >= 0.3 is 0 Å². The monoisotopic (exact) mass is 1870 g/mol. The molecule has 0 spiro atoms. The number of aliphatic hydroxyl groups excluding tert-OH is 23. The van der Waals surface area contributed by atoms with Crippen LogP contribution >= 0.6 is 9.12 Å². The first-order valence-electron chi connectivity index (χ1n) is 42.1. The molecule has 758 valence electrons. The van der Waals surface area contributed by atoms with E-state index in [-0.39, 0.29) is 221 Å². The molecular formula is C78H168BO45P. The minimum Gasteiger partial charge on any atom is -0.394 e. The fraction of sp³-hybridized carbons (Fsp3) is 1.00. The lowest BCUT2D eigenvalue weighted by Gasteiger charge is -2.34. The molecule has 0 aliphatic heterocycles. The molecule has 0 saturated carbocycles. The summed E-state index contributed by atoms with van der Waals surface area (Å²) in [6, 6.07) is 0. The molecule has 23 N–H and O–H groups in total. The van der Waals surface area contributed by atoms with Crippen molar-refractivity contribution in [2.45, 2.75) is 176 Å². The highest BCUT2D eigenvalue weighted by molar-refractivity contribution is 7.49. The highest BCUT2D eigenvalue weighted by Gasteiger charge is 2.33. The lowest BCUT2D eigenvalue weighted by molar-refractivity contribution is -0.147. The molecule has 47 heteroatoms. The van der Waals surface area contributed by atoms with Gasteiger partial charge in [0.1, 0.15) is 122 Å². The molecule has 125 heavy (non-hydrogen) atoms. The zero-order valence-electron chi connectivity index (χ0n) is 74.6. The number of rotatable bonds is 90. The third kappa shape index (κ3) is 83.1. The SMILES string of the molecule is CCC(C)COC.CCC(C)COC.CCC(COCC(COCC(COCC(O)CO)OCC(O)COCC(O)CO)OCC(O)CO)(COCC(COCC(O)COCC(O)CO)OCC(O)COCC(O)CO)COCC(COCC(COCC(O)COCC(O)CO)OCC(O)COCC(O)CO)OCC(O)COCC(CO)OCC(O)CO.[2HH].[3HH].[B]P. The van der Waals surface area contributed by atoms with Crippen molar-refractivity contribution in [1.82, 2.24) is 0 Å². The summed E-state index contributed by atoms with van der Waals surface area (Å²) in [5, 5.41) is 226. The van der Waals surface area contributed by atoms with Crippen LogP contribution in [0.2, 0.25) is 0 Å².